The first-order chi connectivity index (χ1) is 6.40. The van der Waals surface area contributed by atoms with Crippen LogP contribution in [0.3, 0.4) is 0 Å². The van der Waals surface area contributed by atoms with Gasteiger partial charge in [-0.3, -0.25) is 4.98 Å². The van der Waals surface area contributed by atoms with Crippen LogP contribution in [0.2, 0.25) is 0 Å². The molecule has 0 atom stereocenters. The van der Waals surface area contributed by atoms with E-state index in [2.05, 4.69) is 10.2 Å². The van der Waals surface area contributed by atoms with Gasteiger partial charge < -0.3 is 0 Å². The van der Waals surface area contributed by atoms with Crippen LogP contribution in [0, 0.1) is 4.91 Å². The topological polar surface area (TPSA) is 42.3 Å². The minimum Gasteiger partial charge on any atom is -0.259 e. The molecule has 68 valence electrons. The normalized spacial score (nSPS) is 15.1. The Balaban J connectivity index is 2.29. The molecule has 1 aliphatic rings. The second-order valence-corrected chi connectivity index (χ2v) is 3.44. The van der Waals surface area contributed by atoms with E-state index in [9.17, 15) is 4.91 Å². The summed E-state index contributed by atoms with van der Waals surface area (Å²) in [7, 11) is 0. The van der Waals surface area contributed by atoms with Crippen LogP contribution in [0.15, 0.2) is 17.4 Å². The van der Waals surface area contributed by atoms with Crippen molar-refractivity contribution in [1.29, 1.82) is 0 Å². The van der Waals surface area contributed by atoms with Crippen molar-refractivity contribution in [2.75, 3.05) is 0 Å². The van der Waals surface area contributed by atoms with Gasteiger partial charge in [-0.2, -0.15) is 4.91 Å². The highest BCUT2D eigenvalue weighted by atomic mass is 16.3. The van der Waals surface area contributed by atoms with Gasteiger partial charge in [-0.1, -0.05) is 5.18 Å². The van der Waals surface area contributed by atoms with Crippen molar-refractivity contribution in [3.63, 3.8) is 0 Å². The van der Waals surface area contributed by atoms with Crippen molar-refractivity contribution in [2.24, 2.45) is 5.18 Å². The predicted molar refractivity (Wildman–Crippen MR) is 50.4 cm³/mol. The minimum absolute atomic E-state index is 0.202. The molecule has 0 saturated carbocycles. The van der Waals surface area contributed by atoms with Crippen molar-refractivity contribution in [3.05, 3.63) is 34.0 Å². The molecular formula is C10H12N2O. The van der Waals surface area contributed by atoms with Crippen molar-refractivity contribution in [1.82, 2.24) is 4.98 Å². The standard InChI is InChI=1S/C10H12N2O/c13-12-7-10-5-8-3-1-2-4-9(8)6-11-10/h5-6H,1-4,7H2. The van der Waals surface area contributed by atoms with Crippen LogP contribution in [0.25, 0.3) is 0 Å². The quantitative estimate of drug-likeness (QED) is 0.648. The SMILES string of the molecule is O=NCc1cc2c(cn1)CCCC2. The molecule has 13 heavy (non-hydrogen) atoms. The van der Waals surface area contributed by atoms with Crippen LogP contribution < -0.4 is 0 Å². The summed E-state index contributed by atoms with van der Waals surface area (Å²) < 4.78 is 0. The molecule has 1 aromatic heterocycles. The fourth-order valence-corrected chi connectivity index (χ4v) is 1.82. The largest absolute Gasteiger partial charge is 0.259 e. The molecule has 0 saturated heterocycles. The smallest absolute Gasteiger partial charge is 0.123 e. The molecule has 0 fully saturated rings. The molecule has 0 radical (unpaired) electrons. The van der Waals surface area contributed by atoms with E-state index >= 15 is 0 Å². The van der Waals surface area contributed by atoms with Crippen LogP contribution in [0.5, 0.6) is 0 Å². The molecule has 0 N–H and O–H groups in total. The summed E-state index contributed by atoms with van der Waals surface area (Å²) in [6.45, 7) is 0.202. The molecule has 0 bridgehead atoms. The second-order valence-electron chi connectivity index (χ2n) is 3.44. The van der Waals surface area contributed by atoms with Gasteiger partial charge in [-0.15, -0.1) is 0 Å². The number of nitroso groups, excluding NO2 is 1. The molecular weight excluding hydrogens is 164 g/mol. The van der Waals surface area contributed by atoms with Gasteiger partial charge in [-0.25, -0.2) is 0 Å². The molecule has 0 aromatic carbocycles. The zero-order chi connectivity index (χ0) is 9.10. The van der Waals surface area contributed by atoms with Gasteiger partial charge in [-0.05, 0) is 42.9 Å². The Morgan fingerprint density at radius 3 is 2.85 bits per heavy atom. The molecule has 3 heteroatoms. The number of aromatic nitrogens is 1. The predicted octanol–water partition coefficient (Wildman–Crippen LogP) is 2.23. The lowest BCUT2D eigenvalue weighted by Gasteiger charge is -2.14. The summed E-state index contributed by atoms with van der Waals surface area (Å²) in [5.74, 6) is 0. The van der Waals surface area contributed by atoms with Gasteiger partial charge in [0.2, 0.25) is 0 Å². The summed E-state index contributed by atoms with van der Waals surface area (Å²) >= 11 is 0. The first-order valence-electron chi connectivity index (χ1n) is 4.66. The molecule has 1 aromatic rings. The number of aryl methyl sites for hydroxylation is 2. The van der Waals surface area contributed by atoms with Gasteiger partial charge in [0.15, 0.2) is 0 Å². The number of nitrogens with zero attached hydrogens (tertiary/aromatic N) is 2. The van der Waals surface area contributed by atoms with E-state index < -0.39 is 0 Å². The maximum absolute atomic E-state index is 10.1. The van der Waals surface area contributed by atoms with E-state index in [1.54, 1.807) is 0 Å². The lowest BCUT2D eigenvalue weighted by molar-refractivity contribution is 0.679. The zero-order valence-corrected chi connectivity index (χ0v) is 7.49. The third-order valence-corrected chi connectivity index (χ3v) is 2.51. The average molecular weight is 176 g/mol. The molecule has 1 heterocycles. The summed E-state index contributed by atoms with van der Waals surface area (Å²) in [5.41, 5.74) is 3.51. The fourth-order valence-electron chi connectivity index (χ4n) is 1.82. The average Bonchev–Trinajstić information content (AvgIpc) is 2.18. The highest BCUT2D eigenvalue weighted by molar-refractivity contribution is 5.28. The molecule has 0 unspecified atom stereocenters. The Hall–Kier alpha value is -1.25. The Bertz CT molecular complexity index is 323. The lowest BCUT2D eigenvalue weighted by atomic mass is 9.93. The highest BCUT2D eigenvalue weighted by Gasteiger charge is 2.09. The Morgan fingerprint density at radius 1 is 1.31 bits per heavy atom. The van der Waals surface area contributed by atoms with Crippen molar-refractivity contribution >= 4 is 0 Å². The van der Waals surface area contributed by atoms with Crippen LogP contribution in [0.4, 0.5) is 0 Å². The van der Waals surface area contributed by atoms with Crippen LogP contribution in [0.1, 0.15) is 29.7 Å². The Morgan fingerprint density at radius 2 is 2.08 bits per heavy atom. The van der Waals surface area contributed by atoms with Crippen molar-refractivity contribution < 1.29 is 0 Å². The van der Waals surface area contributed by atoms with Gasteiger partial charge in [0.25, 0.3) is 0 Å². The van der Waals surface area contributed by atoms with E-state index in [0.717, 1.165) is 18.5 Å². The number of rotatable bonds is 2. The Labute approximate surface area is 77.2 Å². The minimum atomic E-state index is 0.202. The maximum Gasteiger partial charge on any atom is 0.123 e. The second kappa shape index (κ2) is 3.64. The number of fused-ring (bicyclic) bond motifs is 1. The van der Waals surface area contributed by atoms with E-state index in [0.29, 0.717) is 0 Å². The first-order valence-corrected chi connectivity index (χ1v) is 4.66. The zero-order valence-electron chi connectivity index (χ0n) is 7.49. The summed E-state index contributed by atoms with van der Waals surface area (Å²) in [6.07, 6.45) is 6.68. The number of hydrogen-bond acceptors (Lipinski definition) is 3. The van der Waals surface area contributed by atoms with Crippen LogP contribution >= 0.6 is 0 Å². The van der Waals surface area contributed by atoms with Crippen molar-refractivity contribution in [3.8, 4) is 0 Å². The van der Waals surface area contributed by atoms with E-state index in [-0.39, 0.29) is 6.54 Å². The summed E-state index contributed by atoms with van der Waals surface area (Å²) in [6, 6.07) is 2.02. The van der Waals surface area contributed by atoms with Gasteiger partial charge in [0.05, 0.1) is 5.69 Å². The molecule has 2 rings (SSSR count). The fraction of sp³-hybridized carbons (Fsp3) is 0.500. The van der Waals surface area contributed by atoms with Crippen LogP contribution in [-0.4, -0.2) is 4.98 Å². The Kier molecular flexibility index (Phi) is 2.34. The first kappa shape index (κ1) is 8.35. The van der Waals surface area contributed by atoms with E-state index in [1.807, 2.05) is 12.3 Å². The molecule has 0 amide bonds. The maximum atomic E-state index is 10.1. The number of hydrogen-bond donors (Lipinski definition) is 0. The van der Waals surface area contributed by atoms with Gasteiger partial charge in [0.1, 0.15) is 6.54 Å². The number of pyridine rings is 1. The van der Waals surface area contributed by atoms with Gasteiger partial charge in [0, 0.05) is 6.20 Å². The summed E-state index contributed by atoms with van der Waals surface area (Å²) in [4.78, 5) is 14.2. The van der Waals surface area contributed by atoms with Crippen LogP contribution in [-0.2, 0) is 19.4 Å². The monoisotopic (exact) mass is 176 g/mol. The third kappa shape index (κ3) is 1.74. The molecule has 0 aliphatic heterocycles. The van der Waals surface area contributed by atoms with Crippen molar-refractivity contribution in [2.45, 2.75) is 32.2 Å². The molecule has 0 spiro atoms. The molecule has 1 aliphatic carbocycles. The molecule has 3 nitrogen and oxygen atoms in total. The van der Waals surface area contributed by atoms with E-state index in [1.165, 1.54) is 24.0 Å². The lowest BCUT2D eigenvalue weighted by Crippen LogP contribution is -2.04. The van der Waals surface area contributed by atoms with E-state index in [4.69, 9.17) is 0 Å². The summed E-state index contributed by atoms with van der Waals surface area (Å²) in [5, 5.41) is 2.84. The third-order valence-electron chi connectivity index (χ3n) is 2.51. The highest BCUT2D eigenvalue weighted by Crippen LogP contribution is 2.20. The van der Waals surface area contributed by atoms with Gasteiger partial charge >= 0.3 is 0 Å².